The molecule has 4 rings (SSSR count). The second-order valence-corrected chi connectivity index (χ2v) is 7.62. The highest BCUT2D eigenvalue weighted by Gasteiger charge is 2.20. The van der Waals surface area contributed by atoms with Crippen LogP contribution in [0.5, 0.6) is 0 Å². The van der Waals surface area contributed by atoms with Crippen LogP contribution in [-0.2, 0) is 13.1 Å². The fraction of sp³-hybridized carbons (Fsp3) is 0.409. The highest BCUT2D eigenvalue weighted by atomic mass is 127. The zero-order valence-electron chi connectivity index (χ0n) is 18.3. The SMILES string of the molecule is CN=C(NCc1ccccc1-n1nc(C)cc1C)N1CCN(Cc2ccon2)CC1.I. The summed E-state index contributed by atoms with van der Waals surface area (Å²) in [5.41, 5.74) is 5.42. The maximum atomic E-state index is 4.93. The highest BCUT2D eigenvalue weighted by molar-refractivity contribution is 14.0. The van der Waals surface area contributed by atoms with E-state index in [0.717, 1.165) is 61.5 Å². The van der Waals surface area contributed by atoms with Gasteiger partial charge >= 0.3 is 0 Å². The summed E-state index contributed by atoms with van der Waals surface area (Å²) in [6.07, 6.45) is 1.63. The minimum absolute atomic E-state index is 0. The molecule has 1 N–H and O–H groups in total. The van der Waals surface area contributed by atoms with Crippen molar-refractivity contribution in [3.05, 3.63) is 65.3 Å². The normalized spacial score (nSPS) is 15.1. The van der Waals surface area contributed by atoms with Crippen LogP contribution in [0.4, 0.5) is 0 Å². The molecule has 31 heavy (non-hydrogen) atoms. The summed E-state index contributed by atoms with van der Waals surface area (Å²) >= 11 is 0. The number of nitrogens with one attached hydrogen (secondary N) is 1. The summed E-state index contributed by atoms with van der Waals surface area (Å²) in [6, 6.07) is 12.4. The molecular formula is C22H30IN7O. The molecule has 166 valence electrons. The van der Waals surface area contributed by atoms with Gasteiger partial charge in [-0.05, 0) is 31.5 Å². The first-order chi connectivity index (χ1) is 14.6. The Bertz CT molecular complexity index is 991. The number of guanidine groups is 1. The topological polar surface area (TPSA) is 74.7 Å². The second kappa shape index (κ2) is 10.8. The molecule has 3 heterocycles. The van der Waals surface area contributed by atoms with Gasteiger partial charge in [0, 0.05) is 58.1 Å². The van der Waals surface area contributed by atoms with Crippen molar-refractivity contribution in [2.24, 2.45) is 4.99 Å². The summed E-state index contributed by atoms with van der Waals surface area (Å²) in [6.45, 7) is 9.42. The van der Waals surface area contributed by atoms with Crippen LogP contribution in [0.15, 0.2) is 52.2 Å². The molecule has 0 atom stereocenters. The number of rotatable bonds is 5. The Morgan fingerprint density at radius 3 is 2.55 bits per heavy atom. The number of aliphatic imine (C=N–C) groups is 1. The molecule has 1 aliphatic heterocycles. The first kappa shape index (κ1) is 23.3. The lowest BCUT2D eigenvalue weighted by atomic mass is 10.1. The average molecular weight is 535 g/mol. The summed E-state index contributed by atoms with van der Waals surface area (Å²) in [5, 5.41) is 12.2. The van der Waals surface area contributed by atoms with Crippen molar-refractivity contribution in [2.75, 3.05) is 33.2 Å². The van der Waals surface area contributed by atoms with Gasteiger partial charge in [-0.15, -0.1) is 24.0 Å². The predicted octanol–water partition coefficient (Wildman–Crippen LogP) is 2.99. The van der Waals surface area contributed by atoms with Crippen LogP contribution < -0.4 is 5.32 Å². The van der Waals surface area contributed by atoms with Crippen molar-refractivity contribution in [2.45, 2.75) is 26.9 Å². The van der Waals surface area contributed by atoms with Crippen LogP contribution >= 0.6 is 24.0 Å². The van der Waals surface area contributed by atoms with Gasteiger partial charge in [0.2, 0.25) is 0 Å². The Labute approximate surface area is 200 Å². The molecule has 0 unspecified atom stereocenters. The van der Waals surface area contributed by atoms with E-state index in [1.807, 2.05) is 24.7 Å². The fourth-order valence-corrected chi connectivity index (χ4v) is 3.91. The van der Waals surface area contributed by atoms with Crippen LogP contribution in [0.25, 0.3) is 5.69 Å². The van der Waals surface area contributed by atoms with Crippen LogP contribution in [0.3, 0.4) is 0 Å². The number of nitrogens with zero attached hydrogens (tertiary/aromatic N) is 6. The van der Waals surface area contributed by atoms with Gasteiger partial charge in [0.15, 0.2) is 5.96 Å². The number of halogens is 1. The molecule has 0 radical (unpaired) electrons. The van der Waals surface area contributed by atoms with Gasteiger partial charge in [-0.2, -0.15) is 5.10 Å². The Balaban J connectivity index is 0.00000272. The molecule has 1 aliphatic rings. The van der Waals surface area contributed by atoms with E-state index in [1.165, 1.54) is 5.56 Å². The minimum atomic E-state index is 0. The van der Waals surface area contributed by atoms with E-state index < -0.39 is 0 Å². The summed E-state index contributed by atoms with van der Waals surface area (Å²) in [5.74, 6) is 0.930. The molecular weight excluding hydrogens is 505 g/mol. The third kappa shape index (κ3) is 5.65. The van der Waals surface area contributed by atoms with Crippen molar-refractivity contribution in [3.8, 4) is 5.69 Å². The largest absolute Gasteiger partial charge is 0.364 e. The predicted molar refractivity (Wildman–Crippen MR) is 132 cm³/mol. The van der Waals surface area contributed by atoms with Gasteiger partial charge in [-0.25, -0.2) is 4.68 Å². The summed E-state index contributed by atoms with van der Waals surface area (Å²) in [7, 11) is 1.84. The number of hydrogen-bond donors (Lipinski definition) is 1. The molecule has 0 spiro atoms. The standard InChI is InChI=1S/C22H29N7O.HI/c1-17-14-18(2)29(25-17)21-7-5-4-6-19(21)15-24-22(23-3)28-11-9-27(10-12-28)16-20-8-13-30-26-20;/h4-8,13-14H,9-12,15-16H2,1-3H3,(H,23,24);1H. The van der Waals surface area contributed by atoms with E-state index in [0.29, 0.717) is 6.54 Å². The lowest BCUT2D eigenvalue weighted by Crippen LogP contribution is -2.52. The quantitative estimate of drug-likeness (QED) is 0.308. The maximum absolute atomic E-state index is 4.93. The first-order valence-corrected chi connectivity index (χ1v) is 10.3. The third-order valence-corrected chi connectivity index (χ3v) is 5.43. The van der Waals surface area contributed by atoms with Crippen molar-refractivity contribution in [3.63, 3.8) is 0 Å². The third-order valence-electron chi connectivity index (χ3n) is 5.43. The monoisotopic (exact) mass is 535 g/mol. The molecule has 0 aliphatic carbocycles. The number of aromatic nitrogens is 3. The molecule has 0 amide bonds. The van der Waals surface area contributed by atoms with Crippen molar-refractivity contribution < 1.29 is 4.52 Å². The Hall–Kier alpha value is -2.40. The molecule has 8 nitrogen and oxygen atoms in total. The average Bonchev–Trinajstić information content (AvgIpc) is 3.39. The van der Waals surface area contributed by atoms with Gasteiger partial charge < -0.3 is 14.7 Å². The number of hydrogen-bond acceptors (Lipinski definition) is 5. The van der Waals surface area contributed by atoms with E-state index >= 15 is 0 Å². The summed E-state index contributed by atoms with van der Waals surface area (Å²) in [4.78, 5) is 9.21. The molecule has 1 fully saturated rings. The Morgan fingerprint density at radius 1 is 1.13 bits per heavy atom. The maximum Gasteiger partial charge on any atom is 0.194 e. The Morgan fingerprint density at radius 2 is 1.90 bits per heavy atom. The lowest BCUT2D eigenvalue weighted by molar-refractivity contribution is 0.169. The van der Waals surface area contributed by atoms with Crippen molar-refractivity contribution in [1.82, 2.24) is 30.1 Å². The van der Waals surface area contributed by atoms with Crippen LogP contribution in [0.1, 0.15) is 22.6 Å². The summed E-state index contributed by atoms with van der Waals surface area (Å²) < 4.78 is 6.95. The van der Waals surface area contributed by atoms with E-state index in [2.05, 4.69) is 67.6 Å². The number of benzene rings is 1. The van der Waals surface area contributed by atoms with Crippen LogP contribution in [-0.4, -0.2) is 63.9 Å². The van der Waals surface area contributed by atoms with E-state index in [-0.39, 0.29) is 24.0 Å². The van der Waals surface area contributed by atoms with Gasteiger partial charge in [-0.3, -0.25) is 9.89 Å². The second-order valence-electron chi connectivity index (χ2n) is 7.62. The van der Waals surface area contributed by atoms with Gasteiger partial charge in [0.25, 0.3) is 0 Å². The van der Waals surface area contributed by atoms with E-state index in [4.69, 9.17) is 4.52 Å². The Kier molecular flexibility index (Phi) is 8.08. The molecule has 2 aromatic heterocycles. The highest BCUT2D eigenvalue weighted by Crippen LogP contribution is 2.17. The molecule has 1 saturated heterocycles. The van der Waals surface area contributed by atoms with Crippen LogP contribution in [0.2, 0.25) is 0 Å². The van der Waals surface area contributed by atoms with E-state index in [1.54, 1.807) is 6.26 Å². The molecule has 1 aromatic carbocycles. The molecule has 0 bridgehead atoms. The zero-order chi connectivity index (χ0) is 20.9. The van der Waals surface area contributed by atoms with Crippen LogP contribution in [0, 0.1) is 13.8 Å². The minimum Gasteiger partial charge on any atom is -0.364 e. The number of para-hydroxylation sites is 1. The molecule has 3 aromatic rings. The van der Waals surface area contributed by atoms with Gasteiger partial charge in [-0.1, -0.05) is 23.4 Å². The number of piperazine rings is 1. The van der Waals surface area contributed by atoms with Gasteiger partial charge in [0.1, 0.15) is 6.26 Å². The van der Waals surface area contributed by atoms with Gasteiger partial charge in [0.05, 0.1) is 17.1 Å². The smallest absolute Gasteiger partial charge is 0.194 e. The van der Waals surface area contributed by atoms with E-state index in [9.17, 15) is 0 Å². The van der Waals surface area contributed by atoms with Crippen molar-refractivity contribution >= 4 is 29.9 Å². The number of aryl methyl sites for hydroxylation is 2. The first-order valence-electron chi connectivity index (χ1n) is 10.3. The molecule has 9 heteroatoms. The van der Waals surface area contributed by atoms with Crippen molar-refractivity contribution in [1.29, 1.82) is 0 Å². The lowest BCUT2D eigenvalue weighted by Gasteiger charge is -2.36. The molecule has 0 saturated carbocycles. The fourth-order valence-electron chi connectivity index (χ4n) is 3.91. The zero-order valence-corrected chi connectivity index (χ0v) is 20.6.